The standard InChI is InChI=1S/C24H21N3O7/c28-22(25-18-9-10-32-21(18)23(29)30)19-11-20(34-27-19)26-24(31)33-12-17-15-7-3-1-5-13(15)14-6-2-4-8-16(14)17/h1-8,11,17-18,21H,9-10,12H2,(H,25,28)(H,26,31)(H,29,30)/t18-,21+/m0/s1. The van der Waals surface area contributed by atoms with Crippen LogP contribution in [0.5, 0.6) is 0 Å². The summed E-state index contributed by atoms with van der Waals surface area (Å²) in [7, 11) is 0. The highest BCUT2D eigenvalue weighted by molar-refractivity contribution is 5.94. The number of carbonyl (C=O) groups is 3. The van der Waals surface area contributed by atoms with E-state index in [1.165, 1.54) is 6.07 Å². The van der Waals surface area contributed by atoms with Crippen molar-refractivity contribution >= 4 is 23.9 Å². The average molecular weight is 463 g/mol. The Morgan fingerprint density at radius 1 is 1.06 bits per heavy atom. The highest BCUT2D eigenvalue weighted by Crippen LogP contribution is 2.44. The maximum absolute atomic E-state index is 12.4. The van der Waals surface area contributed by atoms with E-state index in [9.17, 15) is 14.4 Å². The van der Waals surface area contributed by atoms with Crippen LogP contribution in [-0.4, -0.2) is 53.6 Å². The molecule has 0 saturated carbocycles. The van der Waals surface area contributed by atoms with E-state index in [1.54, 1.807) is 0 Å². The van der Waals surface area contributed by atoms with Gasteiger partial charge in [-0.05, 0) is 28.7 Å². The summed E-state index contributed by atoms with van der Waals surface area (Å²) in [6.07, 6.45) is -1.50. The van der Waals surface area contributed by atoms with Crippen molar-refractivity contribution in [1.82, 2.24) is 10.5 Å². The van der Waals surface area contributed by atoms with Crippen molar-refractivity contribution in [2.75, 3.05) is 18.5 Å². The minimum absolute atomic E-state index is 0.0696. The zero-order chi connectivity index (χ0) is 23.7. The predicted molar refractivity (Wildman–Crippen MR) is 118 cm³/mol. The first-order valence-corrected chi connectivity index (χ1v) is 10.8. The molecule has 1 aromatic heterocycles. The van der Waals surface area contributed by atoms with Gasteiger partial charge in [-0.3, -0.25) is 10.1 Å². The van der Waals surface area contributed by atoms with Gasteiger partial charge in [-0.15, -0.1) is 0 Å². The van der Waals surface area contributed by atoms with Gasteiger partial charge in [0.1, 0.15) is 6.61 Å². The molecule has 2 aromatic carbocycles. The van der Waals surface area contributed by atoms with Gasteiger partial charge in [-0.25, -0.2) is 9.59 Å². The molecule has 2 atom stereocenters. The van der Waals surface area contributed by atoms with E-state index in [0.717, 1.165) is 22.3 Å². The van der Waals surface area contributed by atoms with Crippen molar-refractivity contribution < 1.29 is 33.5 Å². The van der Waals surface area contributed by atoms with Crippen molar-refractivity contribution in [3.05, 3.63) is 71.4 Å². The number of benzene rings is 2. The topological polar surface area (TPSA) is 140 Å². The van der Waals surface area contributed by atoms with Crippen LogP contribution in [0, 0.1) is 0 Å². The van der Waals surface area contributed by atoms with Crippen molar-refractivity contribution in [1.29, 1.82) is 0 Å². The lowest BCUT2D eigenvalue weighted by Crippen LogP contribution is -2.44. The first-order valence-electron chi connectivity index (χ1n) is 10.8. The van der Waals surface area contributed by atoms with Gasteiger partial charge in [0.2, 0.25) is 5.88 Å². The van der Waals surface area contributed by atoms with E-state index in [2.05, 4.69) is 15.8 Å². The van der Waals surface area contributed by atoms with E-state index in [1.807, 2.05) is 48.5 Å². The number of fused-ring (bicyclic) bond motifs is 3. The van der Waals surface area contributed by atoms with Crippen LogP contribution in [0.4, 0.5) is 10.7 Å². The number of nitrogens with one attached hydrogen (secondary N) is 2. The van der Waals surface area contributed by atoms with Crippen molar-refractivity contribution in [2.45, 2.75) is 24.5 Å². The van der Waals surface area contributed by atoms with Gasteiger partial charge in [0.15, 0.2) is 11.8 Å². The molecule has 10 nitrogen and oxygen atoms in total. The first kappa shape index (κ1) is 21.7. The summed E-state index contributed by atoms with van der Waals surface area (Å²) in [6, 6.07) is 16.6. The maximum Gasteiger partial charge on any atom is 0.414 e. The third-order valence-corrected chi connectivity index (χ3v) is 5.96. The number of nitrogens with zero attached hydrogens (tertiary/aromatic N) is 1. The van der Waals surface area contributed by atoms with Gasteiger partial charge in [0, 0.05) is 18.6 Å². The van der Waals surface area contributed by atoms with Crippen LogP contribution in [0.1, 0.15) is 34.0 Å². The highest BCUT2D eigenvalue weighted by Gasteiger charge is 2.36. The van der Waals surface area contributed by atoms with E-state index >= 15 is 0 Å². The Labute approximate surface area is 193 Å². The van der Waals surface area contributed by atoms with E-state index in [-0.39, 0.29) is 30.7 Å². The zero-order valence-corrected chi connectivity index (χ0v) is 17.9. The molecule has 0 unspecified atom stereocenters. The van der Waals surface area contributed by atoms with Gasteiger partial charge in [-0.1, -0.05) is 53.7 Å². The van der Waals surface area contributed by atoms with Crippen LogP contribution in [0.15, 0.2) is 59.1 Å². The molecule has 1 saturated heterocycles. The first-order chi connectivity index (χ1) is 16.5. The second kappa shape index (κ2) is 8.99. The van der Waals surface area contributed by atoms with Crippen molar-refractivity contribution in [2.24, 2.45) is 0 Å². The summed E-state index contributed by atoms with van der Waals surface area (Å²) >= 11 is 0. The minimum atomic E-state index is -1.15. The van der Waals surface area contributed by atoms with Gasteiger partial charge in [0.25, 0.3) is 5.91 Å². The monoisotopic (exact) mass is 463 g/mol. The number of hydrogen-bond donors (Lipinski definition) is 3. The SMILES string of the molecule is O=C(Nc1cc(C(=O)N[C@H]2CCO[C@H]2C(=O)O)no1)OCC1c2ccccc2-c2ccccc21. The molecule has 2 heterocycles. The molecule has 0 bridgehead atoms. The highest BCUT2D eigenvalue weighted by atomic mass is 16.6. The molecule has 0 radical (unpaired) electrons. The summed E-state index contributed by atoms with van der Waals surface area (Å²) in [4.78, 5) is 35.9. The Morgan fingerprint density at radius 2 is 1.74 bits per heavy atom. The van der Waals surface area contributed by atoms with Crippen LogP contribution in [0.25, 0.3) is 11.1 Å². The molecule has 1 fully saturated rings. The predicted octanol–water partition coefficient (Wildman–Crippen LogP) is 3.01. The van der Waals surface area contributed by atoms with E-state index < -0.39 is 30.1 Å². The molecule has 3 aromatic rings. The van der Waals surface area contributed by atoms with Crippen molar-refractivity contribution in [3.63, 3.8) is 0 Å². The number of ether oxygens (including phenoxy) is 2. The second-order valence-corrected chi connectivity index (χ2v) is 8.03. The van der Waals surface area contributed by atoms with Crippen LogP contribution in [-0.2, 0) is 14.3 Å². The summed E-state index contributed by atoms with van der Waals surface area (Å²) < 4.78 is 15.6. The van der Waals surface area contributed by atoms with Crippen LogP contribution in [0.3, 0.4) is 0 Å². The maximum atomic E-state index is 12.4. The number of aromatic nitrogens is 1. The molecule has 0 spiro atoms. The fourth-order valence-corrected chi connectivity index (χ4v) is 4.40. The zero-order valence-electron chi connectivity index (χ0n) is 17.9. The van der Waals surface area contributed by atoms with Gasteiger partial charge < -0.3 is 24.4 Å². The molecule has 2 amide bonds. The molecular formula is C24H21N3O7. The average Bonchev–Trinajstić information content (AvgIpc) is 3.56. The Bertz CT molecular complexity index is 1210. The molecule has 174 valence electrons. The van der Waals surface area contributed by atoms with Crippen molar-refractivity contribution in [3.8, 4) is 11.1 Å². The lowest BCUT2D eigenvalue weighted by atomic mass is 9.98. The molecular weight excluding hydrogens is 442 g/mol. The fourth-order valence-electron chi connectivity index (χ4n) is 4.40. The molecule has 1 aliphatic heterocycles. The lowest BCUT2D eigenvalue weighted by molar-refractivity contribution is -0.148. The van der Waals surface area contributed by atoms with Crippen LogP contribution < -0.4 is 10.6 Å². The Kier molecular flexibility index (Phi) is 5.72. The molecule has 10 heteroatoms. The van der Waals surface area contributed by atoms with Crippen LogP contribution in [0.2, 0.25) is 0 Å². The Balaban J connectivity index is 1.19. The third kappa shape index (κ3) is 4.11. The largest absolute Gasteiger partial charge is 0.479 e. The number of aliphatic carboxylic acids is 1. The minimum Gasteiger partial charge on any atom is -0.479 e. The third-order valence-electron chi connectivity index (χ3n) is 5.96. The summed E-state index contributed by atoms with van der Waals surface area (Å²) in [5.74, 6) is -1.95. The van der Waals surface area contributed by atoms with E-state index in [0.29, 0.717) is 6.42 Å². The Morgan fingerprint density at radius 3 is 2.41 bits per heavy atom. The summed E-state index contributed by atoms with van der Waals surface area (Å²) in [5.41, 5.74) is 4.31. The van der Waals surface area contributed by atoms with Crippen LogP contribution >= 0.6 is 0 Å². The molecule has 3 N–H and O–H groups in total. The van der Waals surface area contributed by atoms with E-state index in [4.69, 9.17) is 19.1 Å². The second-order valence-electron chi connectivity index (χ2n) is 8.03. The lowest BCUT2D eigenvalue weighted by Gasteiger charge is -2.15. The quantitative estimate of drug-likeness (QED) is 0.507. The smallest absolute Gasteiger partial charge is 0.414 e. The number of carboxylic acid groups (broad SMARTS) is 1. The Hall–Kier alpha value is -4.18. The molecule has 34 heavy (non-hydrogen) atoms. The molecule has 5 rings (SSSR count). The molecule has 2 aliphatic rings. The summed E-state index contributed by atoms with van der Waals surface area (Å²) in [5, 5.41) is 17.8. The number of anilines is 1. The number of hydrogen-bond acceptors (Lipinski definition) is 7. The normalized spacial score (nSPS) is 18.7. The number of amides is 2. The number of carboxylic acids is 1. The van der Waals surface area contributed by atoms with Gasteiger partial charge in [0.05, 0.1) is 6.04 Å². The van der Waals surface area contributed by atoms with Gasteiger partial charge in [-0.2, -0.15) is 0 Å². The number of rotatable bonds is 6. The van der Waals surface area contributed by atoms with Gasteiger partial charge >= 0.3 is 12.1 Å². The summed E-state index contributed by atoms with van der Waals surface area (Å²) in [6.45, 7) is 0.356. The number of carbonyl (C=O) groups excluding carboxylic acids is 2. The fraction of sp³-hybridized carbons (Fsp3) is 0.250. The molecule has 1 aliphatic carbocycles.